The Labute approximate surface area is 117 Å². The fourth-order valence-corrected chi connectivity index (χ4v) is 2.62. The molecule has 4 nitrogen and oxygen atoms in total. The molecule has 19 heavy (non-hydrogen) atoms. The minimum atomic E-state index is -0.672. The molecule has 0 atom stereocenters. The number of nitrogens with two attached hydrogens (primary N) is 1. The lowest BCUT2D eigenvalue weighted by atomic mass is 9.92. The average molecular weight is 276 g/mol. The number of anilines is 1. The second-order valence-corrected chi connectivity index (χ2v) is 5.87. The van der Waals surface area contributed by atoms with E-state index in [9.17, 15) is 9.59 Å². The van der Waals surface area contributed by atoms with Gasteiger partial charge >= 0.3 is 0 Å². The molecule has 0 aromatic heterocycles. The van der Waals surface area contributed by atoms with Gasteiger partial charge in [0, 0.05) is 12.0 Å². The maximum atomic E-state index is 12.3. The van der Waals surface area contributed by atoms with Crippen molar-refractivity contribution >= 4 is 34.7 Å². The quantitative estimate of drug-likeness (QED) is 0.662. The van der Waals surface area contributed by atoms with Gasteiger partial charge in [-0.3, -0.25) is 9.59 Å². The Morgan fingerprint density at radius 3 is 2.47 bits per heavy atom. The molecule has 0 saturated carbocycles. The Kier molecular flexibility index (Phi) is 3.18. The van der Waals surface area contributed by atoms with Gasteiger partial charge in [0.15, 0.2) is 0 Å². The molecule has 2 rings (SSSR count). The van der Waals surface area contributed by atoms with Crippen LogP contribution in [0.5, 0.6) is 0 Å². The maximum Gasteiger partial charge on any atom is 0.239 e. The molecule has 1 aromatic rings. The Bertz CT molecular complexity index is 593. The van der Waals surface area contributed by atoms with E-state index in [0.717, 1.165) is 5.56 Å². The molecule has 2 N–H and O–H groups in total. The summed E-state index contributed by atoms with van der Waals surface area (Å²) >= 11 is 5.04. The van der Waals surface area contributed by atoms with Gasteiger partial charge in [-0.05, 0) is 18.6 Å². The van der Waals surface area contributed by atoms with Crippen LogP contribution >= 0.6 is 12.2 Å². The van der Waals surface area contributed by atoms with E-state index in [2.05, 4.69) is 0 Å². The third-order valence-electron chi connectivity index (χ3n) is 3.36. The molecule has 2 amide bonds. The lowest BCUT2D eigenvalue weighted by Gasteiger charge is -2.21. The monoisotopic (exact) mass is 276 g/mol. The van der Waals surface area contributed by atoms with Crippen LogP contribution in [-0.2, 0) is 9.59 Å². The summed E-state index contributed by atoms with van der Waals surface area (Å²) < 4.78 is 0. The van der Waals surface area contributed by atoms with Gasteiger partial charge < -0.3 is 5.73 Å². The summed E-state index contributed by atoms with van der Waals surface area (Å²) in [7, 11) is 0. The first-order valence-corrected chi connectivity index (χ1v) is 6.43. The number of carbonyl (C=O) groups excluding carboxylic acids is 2. The molecule has 5 heteroatoms. The lowest BCUT2D eigenvalue weighted by Crippen LogP contribution is -2.34. The molecule has 0 aliphatic carbocycles. The van der Waals surface area contributed by atoms with Gasteiger partial charge in [-0.15, -0.1) is 0 Å². The number of amides is 2. The molecule has 0 spiro atoms. The van der Waals surface area contributed by atoms with Crippen molar-refractivity contribution in [3.05, 3.63) is 29.3 Å². The summed E-state index contributed by atoms with van der Waals surface area (Å²) in [6.45, 7) is 5.39. The van der Waals surface area contributed by atoms with E-state index in [4.69, 9.17) is 18.0 Å². The highest BCUT2D eigenvalue weighted by atomic mass is 32.1. The van der Waals surface area contributed by atoms with Crippen molar-refractivity contribution in [3.8, 4) is 0 Å². The van der Waals surface area contributed by atoms with Crippen LogP contribution in [0.4, 0.5) is 5.69 Å². The van der Waals surface area contributed by atoms with E-state index >= 15 is 0 Å². The highest BCUT2D eigenvalue weighted by molar-refractivity contribution is 7.80. The molecule has 1 aliphatic heterocycles. The number of hydrogen-bond acceptors (Lipinski definition) is 3. The highest BCUT2D eigenvalue weighted by Crippen LogP contribution is 2.37. The lowest BCUT2D eigenvalue weighted by molar-refractivity contribution is -0.124. The molecule has 1 heterocycles. The molecule has 1 saturated heterocycles. The zero-order chi connectivity index (χ0) is 14.4. The van der Waals surface area contributed by atoms with Crippen molar-refractivity contribution in [2.24, 2.45) is 11.1 Å². The van der Waals surface area contributed by atoms with Crippen molar-refractivity contribution in [2.45, 2.75) is 27.2 Å². The third kappa shape index (κ3) is 2.14. The SMILES string of the molecule is Cc1cccc(N2C(=O)CC(C)(C)C2=O)c1C(N)=S. The van der Waals surface area contributed by atoms with Crippen molar-refractivity contribution in [3.63, 3.8) is 0 Å². The number of aryl methyl sites for hydroxylation is 1. The number of hydrogen-bond donors (Lipinski definition) is 1. The Morgan fingerprint density at radius 2 is 2.00 bits per heavy atom. The summed E-state index contributed by atoms with van der Waals surface area (Å²) in [6.07, 6.45) is 0.205. The van der Waals surface area contributed by atoms with E-state index in [-0.39, 0.29) is 23.2 Å². The van der Waals surface area contributed by atoms with Crippen LogP contribution in [0.2, 0.25) is 0 Å². The number of benzene rings is 1. The largest absolute Gasteiger partial charge is 0.389 e. The summed E-state index contributed by atoms with van der Waals surface area (Å²) in [4.78, 5) is 25.9. The van der Waals surface area contributed by atoms with E-state index in [0.29, 0.717) is 11.3 Å². The molecule has 0 unspecified atom stereocenters. The fourth-order valence-electron chi connectivity index (χ4n) is 2.35. The van der Waals surface area contributed by atoms with Crippen LogP contribution in [0, 0.1) is 12.3 Å². The number of rotatable bonds is 2. The number of nitrogens with zero attached hydrogens (tertiary/aromatic N) is 1. The normalized spacial score (nSPS) is 17.9. The molecule has 1 aromatic carbocycles. The first-order chi connectivity index (χ1) is 8.75. The van der Waals surface area contributed by atoms with E-state index in [1.165, 1.54) is 4.90 Å². The topological polar surface area (TPSA) is 63.4 Å². The molecule has 1 aliphatic rings. The van der Waals surface area contributed by atoms with Crippen molar-refractivity contribution in [2.75, 3.05) is 4.90 Å². The molecule has 100 valence electrons. The van der Waals surface area contributed by atoms with Gasteiger partial charge in [0.05, 0.1) is 11.1 Å². The standard InChI is InChI=1S/C14H16N2O2S/c1-8-5-4-6-9(11(8)12(15)19)16-10(17)7-14(2,3)13(16)18/h4-6H,7H2,1-3H3,(H2,15,19). The Balaban J connectivity index is 2.61. The second kappa shape index (κ2) is 4.42. The van der Waals surface area contributed by atoms with Crippen molar-refractivity contribution in [1.29, 1.82) is 0 Å². The number of imide groups is 1. The maximum absolute atomic E-state index is 12.3. The van der Waals surface area contributed by atoms with E-state index in [1.54, 1.807) is 26.0 Å². The Hall–Kier alpha value is -1.75. The second-order valence-electron chi connectivity index (χ2n) is 5.43. The molecular formula is C14H16N2O2S. The molecular weight excluding hydrogens is 260 g/mol. The van der Waals surface area contributed by atoms with Crippen LogP contribution in [-0.4, -0.2) is 16.8 Å². The first-order valence-electron chi connectivity index (χ1n) is 6.02. The predicted octanol–water partition coefficient (Wildman–Crippen LogP) is 1.92. The summed E-state index contributed by atoms with van der Waals surface area (Å²) in [6, 6.07) is 5.35. The average Bonchev–Trinajstić information content (AvgIpc) is 2.47. The molecule has 0 radical (unpaired) electrons. The van der Waals surface area contributed by atoms with E-state index in [1.807, 2.05) is 13.0 Å². The molecule has 0 bridgehead atoms. The smallest absolute Gasteiger partial charge is 0.239 e. The summed E-state index contributed by atoms with van der Waals surface area (Å²) in [5, 5.41) is 0. The van der Waals surface area contributed by atoms with E-state index < -0.39 is 5.41 Å². The zero-order valence-corrected chi connectivity index (χ0v) is 12.0. The minimum absolute atomic E-state index is 0.193. The zero-order valence-electron chi connectivity index (χ0n) is 11.2. The highest BCUT2D eigenvalue weighted by Gasteiger charge is 2.46. The van der Waals surface area contributed by atoms with Gasteiger partial charge in [-0.1, -0.05) is 38.2 Å². The third-order valence-corrected chi connectivity index (χ3v) is 3.57. The Morgan fingerprint density at radius 1 is 1.37 bits per heavy atom. The number of carbonyl (C=O) groups is 2. The van der Waals surface area contributed by atoms with Crippen molar-refractivity contribution < 1.29 is 9.59 Å². The molecule has 1 fully saturated rings. The van der Waals surface area contributed by atoms with Gasteiger partial charge in [0.1, 0.15) is 4.99 Å². The van der Waals surface area contributed by atoms with Crippen LogP contribution in [0.15, 0.2) is 18.2 Å². The minimum Gasteiger partial charge on any atom is -0.389 e. The van der Waals surface area contributed by atoms with Crippen LogP contribution in [0.3, 0.4) is 0 Å². The number of thiocarbonyl (C=S) groups is 1. The van der Waals surface area contributed by atoms with Gasteiger partial charge in [0.2, 0.25) is 11.8 Å². The van der Waals surface area contributed by atoms with Gasteiger partial charge in [-0.2, -0.15) is 0 Å². The first kappa shape index (κ1) is 13.7. The van der Waals surface area contributed by atoms with Crippen LogP contribution < -0.4 is 10.6 Å². The van der Waals surface area contributed by atoms with Gasteiger partial charge in [0.25, 0.3) is 0 Å². The summed E-state index contributed by atoms with van der Waals surface area (Å²) in [5.41, 5.74) is 7.00. The van der Waals surface area contributed by atoms with Crippen LogP contribution in [0.1, 0.15) is 31.4 Å². The van der Waals surface area contributed by atoms with Gasteiger partial charge in [-0.25, -0.2) is 4.90 Å². The van der Waals surface area contributed by atoms with Crippen LogP contribution in [0.25, 0.3) is 0 Å². The summed E-state index contributed by atoms with van der Waals surface area (Å²) in [5.74, 6) is -0.418. The fraction of sp³-hybridized carbons (Fsp3) is 0.357. The predicted molar refractivity (Wildman–Crippen MR) is 78.0 cm³/mol. The van der Waals surface area contributed by atoms with Crippen molar-refractivity contribution in [1.82, 2.24) is 0 Å².